The molecule has 5 heteroatoms. The number of alkyl halides is 3. The predicted molar refractivity (Wildman–Crippen MR) is 61.4 cm³/mol. The molecule has 0 aromatic heterocycles. The highest BCUT2D eigenvalue weighted by Crippen LogP contribution is 2.32. The summed E-state index contributed by atoms with van der Waals surface area (Å²) in [5.74, 6) is -0.0961. The molecule has 1 heterocycles. The van der Waals surface area contributed by atoms with Gasteiger partial charge in [-0.1, -0.05) is 19.1 Å². The van der Waals surface area contributed by atoms with Gasteiger partial charge >= 0.3 is 6.18 Å². The molecule has 1 aliphatic rings. The number of carbonyl (C=O) groups excluding carboxylic acids is 1. The van der Waals surface area contributed by atoms with Gasteiger partial charge in [-0.15, -0.1) is 0 Å². The zero-order chi connectivity index (χ0) is 13.4. The molecule has 1 unspecified atom stereocenters. The summed E-state index contributed by atoms with van der Waals surface area (Å²) >= 11 is 0. The first-order chi connectivity index (χ1) is 8.33. The lowest BCUT2D eigenvalue weighted by Gasteiger charge is -2.21. The molecule has 98 valence electrons. The largest absolute Gasteiger partial charge is 0.416 e. The van der Waals surface area contributed by atoms with Crippen LogP contribution < -0.4 is 5.32 Å². The minimum atomic E-state index is -4.36. The number of nitrogens with one attached hydrogen (secondary N) is 1. The van der Waals surface area contributed by atoms with Gasteiger partial charge in [-0.05, 0) is 25.1 Å². The molecule has 1 N–H and O–H groups in total. The Morgan fingerprint density at radius 3 is 2.33 bits per heavy atom. The number of benzene rings is 1. The first-order valence-corrected chi connectivity index (χ1v) is 5.76. The van der Waals surface area contributed by atoms with Crippen LogP contribution >= 0.6 is 0 Å². The highest BCUT2D eigenvalue weighted by Gasteiger charge is 2.37. The van der Waals surface area contributed by atoms with Gasteiger partial charge in [-0.2, -0.15) is 13.2 Å². The molecule has 0 saturated carbocycles. The Balaban J connectivity index is 2.22. The minimum absolute atomic E-state index is 0.0961. The molecule has 1 saturated heterocycles. The number of ketones is 1. The second kappa shape index (κ2) is 4.39. The maximum absolute atomic E-state index is 12.4. The Kier molecular flexibility index (Phi) is 3.19. The topological polar surface area (TPSA) is 29.1 Å². The lowest BCUT2D eigenvalue weighted by molar-refractivity contribution is -0.137. The van der Waals surface area contributed by atoms with Gasteiger partial charge in [0.2, 0.25) is 0 Å². The van der Waals surface area contributed by atoms with Crippen molar-refractivity contribution in [2.24, 2.45) is 5.41 Å². The summed E-state index contributed by atoms with van der Waals surface area (Å²) in [6.45, 7) is 3.18. The van der Waals surface area contributed by atoms with Crippen LogP contribution in [0.1, 0.15) is 29.3 Å². The molecule has 0 radical (unpaired) electrons. The van der Waals surface area contributed by atoms with Crippen LogP contribution in [0.5, 0.6) is 0 Å². The van der Waals surface area contributed by atoms with Crippen molar-refractivity contribution in [3.05, 3.63) is 35.4 Å². The van der Waals surface area contributed by atoms with Crippen molar-refractivity contribution in [1.29, 1.82) is 0 Å². The smallest absolute Gasteiger partial charge is 0.316 e. The second-order valence-electron chi connectivity index (χ2n) is 4.89. The maximum atomic E-state index is 12.4. The number of hydrogen-bond donors (Lipinski definition) is 1. The molecule has 1 fully saturated rings. The van der Waals surface area contributed by atoms with Crippen LogP contribution in [0.3, 0.4) is 0 Å². The van der Waals surface area contributed by atoms with Crippen LogP contribution in [-0.4, -0.2) is 18.9 Å². The van der Waals surface area contributed by atoms with Crippen LogP contribution in [0.25, 0.3) is 0 Å². The second-order valence-corrected chi connectivity index (χ2v) is 4.89. The number of hydrogen-bond acceptors (Lipinski definition) is 2. The summed E-state index contributed by atoms with van der Waals surface area (Å²) < 4.78 is 37.2. The van der Waals surface area contributed by atoms with Crippen molar-refractivity contribution in [2.75, 3.05) is 13.1 Å². The fourth-order valence-electron chi connectivity index (χ4n) is 2.17. The van der Waals surface area contributed by atoms with Crippen LogP contribution in [0, 0.1) is 5.41 Å². The summed E-state index contributed by atoms with van der Waals surface area (Å²) in [7, 11) is 0. The van der Waals surface area contributed by atoms with E-state index in [4.69, 9.17) is 0 Å². The van der Waals surface area contributed by atoms with E-state index in [-0.39, 0.29) is 5.78 Å². The van der Waals surface area contributed by atoms with Crippen LogP contribution in [0.15, 0.2) is 24.3 Å². The van der Waals surface area contributed by atoms with Crippen LogP contribution in [0.4, 0.5) is 13.2 Å². The van der Waals surface area contributed by atoms with Crippen molar-refractivity contribution in [3.63, 3.8) is 0 Å². The molecule has 0 aliphatic carbocycles. The lowest BCUT2D eigenvalue weighted by atomic mass is 9.81. The Hall–Kier alpha value is -1.36. The molecule has 1 atom stereocenters. The summed E-state index contributed by atoms with van der Waals surface area (Å²) in [5.41, 5.74) is -0.886. The number of Topliss-reactive ketones (excluding diaryl/α,β-unsaturated/α-hetero) is 1. The first-order valence-electron chi connectivity index (χ1n) is 5.76. The highest BCUT2D eigenvalue weighted by atomic mass is 19.4. The monoisotopic (exact) mass is 257 g/mol. The maximum Gasteiger partial charge on any atom is 0.416 e. The molecule has 2 nitrogen and oxygen atoms in total. The summed E-state index contributed by atoms with van der Waals surface area (Å²) in [5, 5.41) is 3.10. The third-order valence-electron chi connectivity index (χ3n) is 3.39. The van der Waals surface area contributed by atoms with Crippen molar-refractivity contribution < 1.29 is 18.0 Å². The van der Waals surface area contributed by atoms with Gasteiger partial charge in [0.05, 0.1) is 5.56 Å². The van der Waals surface area contributed by atoms with E-state index in [1.165, 1.54) is 12.1 Å². The fraction of sp³-hybridized carbons (Fsp3) is 0.462. The van der Waals surface area contributed by atoms with Crippen LogP contribution in [-0.2, 0) is 6.18 Å². The zero-order valence-electron chi connectivity index (χ0n) is 9.97. The zero-order valence-corrected chi connectivity index (χ0v) is 9.97. The average molecular weight is 257 g/mol. The van der Waals surface area contributed by atoms with Crippen molar-refractivity contribution in [1.82, 2.24) is 5.32 Å². The van der Waals surface area contributed by atoms with Crippen molar-refractivity contribution in [2.45, 2.75) is 19.5 Å². The number of carbonyl (C=O) groups is 1. The SMILES string of the molecule is CC1(C(=O)c2ccc(C(F)(F)F)cc2)CCNC1. The van der Waals surface area contributed by atoms with E-state index < -0.39 is 17.2 Å². The molecular formula is C13H14F3NO. The first kappa shape index (κ1) is 13.1. The molecule has 1 aromatic carbocycles. The number of halogens is 3. The summed E-state index contributed by atoms with van der Waals surface area (Å²) in [4.78, 5) is 12.2. The molecule has 0 bridgehead atoms. The highest BCUT2D eigenvalue weighted by molar-refractivity contribution is 6.00. The van der Waals surface area contributed by atoms with Gasteiger partial charge in [-0.25, -0.2) is 0 Å². The number of rotatable bonds is 2. The third-order valence-corrected chi connectivity index (χ3v) is 3.39. The van der Waals surface area contributed by atoms with E-state index in [2.05, 4.69) is 5.32 Å². The molecule has 1 aromatic rings. The van der Waals surface area contributed by atoms with E-state index in [0.29, 0.717) is 18.5 Å². The standard InChI is InChI=1S/C13H14F3NO/c1-12(6-7-17-8-12)11(18)9-2-4-10(5-3-9)13(14,15)16/h2-5,17H,6-8H2,1H3. The Labute approximate surface area is 103 Å². The fourth-order valence-corrected chi connectivity index (χ4v) is 2.17. The van der Waals surface area contributed by atoms with Gasteiger partial charge in [-0.3, -0.25) is 4.79 Å². The Morgan fingerprint density at radius 2 is 1.89 bits per heavy atom. The van der Waals surface area contributed by atoms with Gasteiger partial charge in [0.15, 0.2) is 5.78 Å². The summed E-state index contributed by atoms with van der Waals surface area (Å²) in [6, 6.07) is 4.43. The Bertz CT molecular complexity index is 444. The molecule has 2 rings (SSSR count). The van der Waals surface area contributed by atoms with Crippen molar-refractivity contribution in [3.8, 4) is 0 Å². The average Bonchev–Trinajstić information content (AvgIpc) is 2.75. The molecule has 18 heavy (non-hydrogen) atoms. The minimum Gasteiger partial charge on any atom is -0.316 e. The molecule has 0 spiro atoms. The normalized spacial score (nSPS) is 24.2. The lowest BCUT2D eigenvalue weighted by Crippen LogP contribution is -2.30. The molecule has 0 amide bonds. The van der Waals surface area contributed by atoms with Crippen molar-refractivity contribution >= 4 is 5.78 Å². The third kappa shape index (κ3) is 2.41. The van der Waals surface area contributed by atoms with Gasteiger partial charge in [0.1, 0.15) is 0 Å². The van der Waals surface area contributed by atoms with E-state index in [0.717, 1.165) is 18.7 Å². The Morgan fingerprint density at radius 1 is 1.28 bits per heavy atom. The van der Waals surface area contributed by atoms with E-state index >= 15 is 0 Å². The van der Waals surface area contributed by atoms with E-state index in [1.54, 1.807) is 0 Å². The van der Waals surface area contributed by atoms with Gasteiger partial charge in [0.25, 0.3) is 0 Å². The molecular weight excluding hydrogens is 243 g/mol. The van der Waals surface area contributed by atoms with E-state index in [9.17, 15) is 18.0 Å². The quantitative estimate of drug-likeness (QED) is 0.825. The van der Waals surface area contributed by atoms with Crippen LogP contribution in [0.2, 0.25) is 0 Å². The van der Waals surface area contributed by atoms with Gasteiger partial charge < -0.3 is 5.32 Å². The van der Waals surface area contributed by atoms with E-state index in [1.807, 2.05) is 6.92 Å². The molecule has 1 aliphatic heterocycles. The predicted octanol–water partition coefficient (Wildman–Crippen LogP) is 2.89. The summed E-state index contributed by atoms with van der Waals surface area (Å²) in [6.07, 6.45) is -3.65. The van der Waals surface area contributed by atoms with Gasteiger partial charge in [0, 0.05) is 17.5 Å².